The molecule has 0 aliphatic heterocycles. The second kappa shape index (κ2) is 5.53. The Hall–Kier alpha value is -1.11. The maximum Gasteiger partial charge on any atom is 0.159 e. The summed E-state index contributed by atoms with van der Waals surface area (Å²) in [5.41, 5.74) is 1.97. The number of hydrogen-bond acceptors (Lipinski definition) is 1. The van der Waals surface area contributed by atoms with Gasteiger partial charge in [-0.25, -0.2) is 0 Å². The van der Waals surface area contributed by atoms with Crippen LogP contribution in [0.1, 0.15) is 36.7 Å². The molecule has 1 nitrogen and oxygen atoms in total. The fraction of sp³-hybridized carbons (Fsp3) is 0.364. The van der Waals surface area contributed by atoms with Gasteiger partial charge in [0.25, 0.3) is 0 Å². The Morgan fingerprint density at radius 1 is 1.08 bits per heavy atom. The van der Waals surface area contributed by atoms with Crippen molar-refractivity contribution in [2.75, 3.05) is 0 Å². The Balaban J connectivity index is 0.000000561. The lowest BCUT2D eigenvalue weighted by molar-refractivity contribution is 0.101. The monoisotopic (exact) mass is 164 g/mol. The van der Waals surface area contributed by atoms with Crippen LogP contribution in [0.25, 0.3) is 0 Å². The van der Waals surface area contributed by atoms with Crippen molar-refractivity contribution in [1.82, 2.24) is 0 Å². The van der Waals surface area contributed by atoms with Gasteiger partial charge in [0.15, 0.2) is 5.78 Å². The zero-order valence-electron chi connectivity index (χ0n) is 8.22. The molecule has 0 saturated carbocycles. The zero-order chi connectivity index (χ0) is 9.56. The van der Waals surface area contributed by atoms with Crippen LogP contribution in [0, 0.1) is 6.92 Å². The molecule has 0 spiro atoms. The highest BCUT2D eigenvalue weighted by atomic mass is 16.1. The summed E-state index contributed by atoms with van der Waals surface area (Å²) in [5.74, 6) is 0.125. The van der Waals surface area contributed by atoms with E-state index in [1.165, 1.54) is 5.56 Å². The molecule has 1 aromatic carbocycles. The molecule has 1 rings (SSSR count). The first-order valence-electron chi connectivity index (χ1n) is 4.28. The smallest absolute Gasteiger partial charge is 0.159 e. The van der Waals surface area contributed by atoms with Crippen molar-refractivity contribution < 1.29 is 4.79 Å². The van der Waals surface area contributed by atoms with E-state index < -0.39 is 0 Å². The van der Waals surface area contributed by atoms with Gasteiger partial charge in [-0.15, -0.1) is 0 Å². The van der Waals surface area contributed by atoms with Gasteiger partial charge >= 0.3 is 0 Å². The highest BCUT2D eigenvalue weighted by molar-refractivity contribution is 5.93. The van der Waals surface area contributed by atoms with Gasteiger partial charge < -0.3 is 0 Å². The second-order valence-corrected chi connectivity index (χ2v) is 2.42. The van der Waals surface area contributed by atoms with Crippen LogP contribution in [0.5, 0.6) is 0 Å². The molecule has 0 radical (unpaired) electrons. The molecule has 0 bridgehead atoms. The van der Waals surface area contributed by atoms with E-state index in [0.717, 1.165) is 5.56 Å². The maximum atomic E-state index is 10.8. The van der Waals surface area contributed by atoms with Crippen molar-refractivity contribution in [3.8, 4) is 0 Å². The Kier molecular flexibility index (Phi) is 5.02. The predicted molar refractivity (Wildman–Crippen MR) is 52.5 cm³/mol. The van der Waals surface area contributed by atoms with E-state index in [0.29, 0.717) is 0 Å². The number of benzene rings is 1. The molecule has 0 aliphatic rings. The summed E-state index contributed by atoms with van der Waals surface area (Å²) in [7, 11) is 0. The van der Waals surface area contributed by atoms with E-state index in [1.807, 2.05) is 45.0 Å². The summed E-state index contributed by atoms with van der Waals surface area (Å²) in [5, 5.41) is 0. The predicted octanol–water partition coefficient (Wildman–Crippen LogP) is 3.22. The van der Waals surface area contributed by atoms with E-state index in [9.17, 15) is 4.79 Å². The van der Waals surface area contributed by atoms with E-state index in [1.54, 1.807) is 6.92 Å². The Labute approximate surface area is 74.4 Å². The van der Waals surface area contributed by atoms with Crippen molar-refractivity contribution in [2.24, 2.45) is 0 Å². The molecule has 1 aromatic rings. The number of Topliss-reactive ketones (excluding diaryl/α,β-unsaturated/α-hetero) is 1. The Morgan fingerprint density at radius 3 is 1.83 bits per heavy atom. The van der Waals surface area contributed by atoms with E-state index in [4.69, 9.17) is 0 Å². The molecular formula is C11H16O. The van der Waals surface area contributed by atoms with Gasteiger partial charge in [-0.2, -0.15) is 0 Å². The van der Waals surface area contributed by atoms with Gasteiger partial charge in [0.05, 0.1) is 0 Å². The third-order valence-corrected chi connectivity index (χ3v) is 1.46. The summed E-state index contributed by atoms with van der Waals surface area (Å²) in [6.07, 6.45) is 0. The van der Waals surface area contributed by atoms with Crippen LogP contribution in [-0.4, -0.2) is 5.78 Å². The average Bonchev–Trinajstić information content (AvgIpc) is 2.09. The third kappa shape index (κ3) is 3.33. The zero-order valence-corrected chi connectivity index (χ0v) is 8.22. The topological polar surface area (TPSA) is 17.1 Å². The van der Waals surface area contributed by atoms with Gasteiger partial charge in [0.2, 0.25) is 0 Å². The first-order chi connectivity index (χ1) is 5.70. The fourth-order valence-corrected chi connectivity index (χ4v) is 0.788. The molecular weight excluding hydrogens is 148 g/mol. The summed E-state index contributed by atoms with van der Waals surface area (Å²) in [6, 6.07) is 7.57. The number of ketones is 1. The standard InChI is InChI=1S/C9H10O.C2H6/c1-7-3-5-9(6-4-7)8(2)10;1-2/h3-6H,1-2H3;1-2H3. The maximum absolute atomic E-state index is 10.8. The molecule has 0 unspecified atom stereocenters. The van der Waals surface area contributed by atoms with Gasteiger partial charge in [-0.1, -0.05) is 43.7 Å². The number of hydrogen-bond donors (Lipinski definition) is 0. The van der Waals surface area contributed by atoms with Crippen LogP contribution in [0.3, 0.4) is 0 Å². The molecule has 66 valence electrons. The van der Waals surface area contributed by atoms with Crippen LogP contribution in [0.4, 0.5) is 0 Å². The molecule has 12 heavy (non-hydrogen) atoms. The van der Waals surface area contributed by atoms with E-state index in [-0.39, 0.29) is 5.78 Å². The van der Waals surface area contributed by atoms with Crippen LogP contribution < -0.4 is 0 Å². The minimum atomic E-state index is 0.125. The molecule has 0 N–H and O–H groups in total. The Bertz CT molecular complexity index is 234. The first-order valence-corrected chi connectivity index (χ1v) is 4.28. The summed E-state index contributed by atoms with van der Waals surface area (Å²) in [6.45, 7) is 7.58. The largest absolute Gasteiger partial charge is 0.295 e. The first kappa shape index (κ1) is 10.9. The second-order valence-electron chi connectivity index (χ2n) is 2.42. The lowest BCUT2D eigenvalue weighted by atomic mass is 10.1. The molecule has 0 fully saturated rings. The lowest BCUT2D eigenvalue weighted by Gasteiger charge is -1.93. The SMILES string of the molecule is CC.CC(=O)c1ccc(C)cc1. The van der Waals surface area contributed by atoms with Crippen LogP contribution >= 0.6 is 0 Å². The van der Waals surface area contributed by atoms with Crippen LogP contribution in [0.2, 0.25) is 0 Å². The van der Waals surface area contributed by atoms with Crippen molar-refractivity contribution in [3.05, 3.63) is 35.4 Å². The number of aryl methyl sites for hydroxylation is 1. The normalized spacial score (nSPS) is 8.33. The van der Waals surface area contributed by atoms with Crippen molar-refractivity contribution in [1.29, 1.82) is 0 Å². The molecule has 0 heterocycles. The summed E-state index contributed by atoms with van der Waals surface area (Å²) < 4.78 is 0. The van der Waals surface area contributed by atoms with E-state index in [2.05, 4.69) is 0 Å². The number of carbonyl (C=O) groups excluding carboxylic acids is 1. The minimum Gasteiger partial charge on any atom is -0.295 e. The van der Waals surface area contributed by atoms with Crippen molar-refractivity contribution in [2.45, 2.75) is 27.7 Å². The van der Waals surface area contributed by atoms with Crippen molar-refractivity contribution in [3.63, 3.8) is 0 Å². The van der Waals surface area contributed by atoms with Gasteiger partial charge in [-0.05, 0) is 13.8 Å². The van der Waals surface area contributed by atoms with E-state index >= 15 is 0 Å². The lowest BCUT2D eigenvalue weighted by Crippen LogP contribution is -1.90. The van der Waals surface area contributed by atoms with Crippen molar-refractivity contribution >= 4 is 5.78 Å². The average molecular weight is 164 g/mol. The molecule has 0 aromatic heterocycles. The summed E-state index contributed by atoms with van der Waals surface area (Å²) in [4.78, 5) is 10.8. The number of carbonyl (C=O) groups is 1. The van der Waals surface area contributed by atoms with Crippen LogP contribution in [-0.2, 0) is 0 Å². The van der Waals surface area contributed by atoms with Gasteiger partial charge in [-0.3, -0.25) is 4.79 Å². The molecule has 0 aliphatic carbocycles. The molecule has 0 atom stereocenters. The molecule has 0 saturated heterocycles. The summed E-state index contributed by atoms with van der Waals surface area (Å²) >= 11 is 0. The number of rotatable bonds is 1. The quantitative estimate of drug-likeness (QED) is 0.582. The van der Waals surface area contributed by atoms with Gasteiger partial charge in [0, 0.05) is 5.56 Å². The molecule has 0 amide bonds. The molecule has 1 heteroatoms. The fourth-order valence-electron chi connectivity index (χ4n) is 0.788. The highest BCUT2D eigenvalue weighted by Gasteiger charge is 1.95. The highest BCUT2D eigenvalue weighted by Crippen LogP contribution is 2.02. The third-order valence-electron chi connectivity index (χ3n) is 1.46. The van der Waals surface area contributed by atoms with Gasteiger partial charge in [0.1, 0.15) is 0 Å². The Morgan fingerprint density at radius 2 is 1.50 bits per heavy atom. The minimum absolute atomic E-state index is 0.125. The van der Waals surface area contributed by atoms with Crippen LogP contribution in [0.15, 0.2) is 24.3 Å².